The van der Waals surface area contributed by atoms with Crippen molar-refractivity contribution >= 4 is 11.6 Å². The summed E-state index contributed by atoms with van der Waals surface area (Å²) in [5.41, 5.74) is 1.59. The van der Waals surface area contributed by atoms with Crippen LogP contribution in [0.3, 0.4) is 0 Å². The monoisotopic (exact) mass is 260 g/mol. The second kappa shape index (κ2) is 5.94. The van der Waals surface area contributed by atoms with E-state index < -0.39 is 0 Å². The molecule has 0 aliphatic rings. The van der Waals surface area contributed by atoms with Gasteiger partial charge in [-0.2, -0.15) is 5.21 Å². The molecule has 0 saturated heterocycles. The fourth-order valence-electron chi connectivity index (χ4n) is 1.64. The summed E-state index contributed by atoms with van der Waals surface area (Å²) in [6.07, 6.45) is 0. The van der Waals surface area contributed by atoms with Gasteiger partial charge in [-0.1, -0.05) is 5.21 Å². The molecule has 0 fully saturated rings. The number of rotatable bonds is 5. The molecule has 1 amide bonds. The van der Waals surface area contributed by atoms with Crippen LogP contribution >= 0.6 is 0 Å². The summed E-state index contributed by atoms with van der Waals surface area (Å²) >= 11 is 0. The number of hydrogen-bond acceptors (Lipinski definition) is 5. The highest BCUT2D eigenvalue weighted by atomic mass is 16.1. The van der Waals surface area contributed by atoms with E-state index in [-0.39, 0.29) is 11.9 Å². The van der Waals surface area contributed by atoms with Crippen LogP contribution in [-0.4, -0.2) is 33.1 Å². The lowest BCUT2D eigenvalue weighted by Crippen LogP contribution is -2.27. The Morgan fingerprint density at radius 1 is 1.37 bits per heavy atom. The molecular formula is C12H16N6O. The molecule has 0 aliphatic heterocycles. The Morgan fingerprint density at radius 2 is 2.11 bits per heavy atom. The van der Waals surface area contributed by atoms with E-state index in [1.165, 1.54) is 0 Å². The number of hydrogen-bond donors (Lipinski definition) is 3. The highest BCUT2D eigenvalue weighted by Crippen LogP contribution is 2.11. The maximum absolute atomic E-state index is 12.0. The first-order chi connectivity index (χ1) is 9.20. The first-order valence-electron chi connectivity index (χ1n) is 6.09. The first kappa shape index (κ1) is 13.0. The molecule has 100 valence electrons. The van der Waals surface area contributed by atoms with Crippen molar-refractivity contribution in [2.75, 3.05) is 11.9 Å². The van der Waals surface area contributed by atoms with Gasteiger partial charge < -0.3 is 10.6 Å². The first-order valence-corrected chi connectivity index (χ1v) is 6.09. The number of carbonyl (C=O) groups is 1. The van der Waals surface area contributed by atoms with Crippen LogP contribution in [0.5, 0.6) is 0 Å². The summed E-state index contributed by atoms with van der Waals surface area (Å²) in [4.78, 5) is 12.0. The van der Waals surface area contributed by atoms with Crippen LogP contribution in [0.25, 0.3) is 0 Å². The van der Waals surface area contributed by atoms with Crippen LogP contribution < -0.4 is 10.6 Å². The highest BCUT2D eigenvalue weighted by molar-refractivity contribution is 5.94. The molecule has 3 N–H and O–H groups in total. The molecule has 0 spiro atoms. The van der Waals surface area contributed by atoms with E-state index in [0.29, 0.717) is 11.4 Å². The third-order valence-electron chi connectivity index (χ3n) is 2.62. The van der Waals surface area contributed by atoms with Crippen LogP contribution in [0.1, 0.15) is 36.1 Å². The number of nitrogens with zero attached hydrogens (tertiary/aromatic N) is 3. The van der Waals surface area contributed by atoms with Gasteiger partial charge in [0.1, 0.15) is 0 Å². The predicted octanol–water partition coefficient (Wildman–Crippen LogP) is 1.12. The van der Waals surface area contributed by atoms with Crippen LogP contribution in [-0.2, 0) is 0 Å². The van der Waals surface area contributed by atoms with Gasteiger partial charge in [0.25, 0.3) is 5.91 Å². The molecule has 1 heterocycles. The summed E-state index contributed by atoms with van der Waals surface area (Å²) in [5, 5.41) is 19.5. The zero-order valence-electron chi connectivity index (χ0n) is 10.8. The number of aromatic amines is 1. The Bertz CT molecular complexity index is 522. The van der Waals surface area contributed by atoms with Gasteiger partial charge >= 0.3 is 0 Å². The van der Waals surface area contributed by atoms with Crippen LogP contribution in [0, 0.1) is 0 Å². The lowest BCUT2D eigenvalue weighted by Gasteiger charge is -2.10. The maximum Gasteiger partial charge on any atom is 0.251 e. The van der Waals surface area contributed by atoms with E-state index in [9.17, 15) is 4.79 Å². The Balaban J connectivity index is 1.99. The molecule has 19 heavy (non-hydrogen) atoms. The normalized spacial score (nSPS) is 11.9. The summed E-state index contributed by atoms with van der Waals surface area (Å²) in [5.74, 6) is 0.290. The smallest absolute Gasteiger partial charge is 0.251 e. The van der Waals surface area contributed by atoms with Gasteiger partial charge in [-0.25, -0.2) is 0 Å². The molecule has 0 saturated carbocycles. The van der Waals surface area contributed by atoms with Crippen molar-refractivity contribution in [3.05, 3.63) is 35.7 Å². The minimum atomic E-state index is -0.292. The molecule has 2 rings (SSSR count). The average Bonchev–Trinajstić information content (AvgIpc) is 2.94. The topological polar surface area (TPSA) is 95.6 Å². The van der Waals surface area contributed by atoms with Gasteiger partial charge in [-0.15, -0.1) is 10.2 Å². The van der Waals surface area contributed by atoms with E-state index >= 15 is 0 Å². The molecule has 1 atom stereocenters. The summed E-state index contributed by atoms with van der Waals surface area (Å²) in [6, 6.07) is 7.00. The van der Waals surface area contributed by atoms with E-state index in [1.807, 2.05) is 19.1 Å². The van der Waals surface area contributed by atoms with Crippen molar-refractivity contribution in [1.82, 2.24) is 25.9 Å². The summed E-state index contributed by atoms with van der Waals surface area (Å²) in [7, 11) is 0. The van der Waals surface area contributed by atoms with Crippen molar-refractivity contribution < 1.29 is 4.79 Å². The average molecular weight is 260 g/mol. The quantitative estimate of drug-likeness (QED) is 0.748. The Kier molecular flexibility index (Phi) is 4.07. The van der Waals surface area contributed by atoms with Crippen molar-refractivity contribution in [3.63, 3.8) is 0 Å². The molecule has 0 radical (unpaired) electrons. The maximum atomic E-state index is 12.0. The number of carbonyl (C=O) groups excluding carboxylic acids is 1. The van der Waals surface area contributed by atoms with Crippen LogP contribution in [0.15, 0.2) is 24.3 Å². The minimum Gasteiger partial charge on any atom is -0.385 e. The van der Waals surface area contributed by atoms with Crippen molar-refractivity contribution in [1.29, 1.82) is 0 Å². The molecule has 2 aromatic rings. The zero-order chi connectivity index (χ0) is 13.7. The van der Waals surface area contributed by atoms with Crippen molar-refractivity contribution in [2.24, 2.45) is 0 Å². The molecular weight excluding hydrogens is 244 g/mol. The Labute approximate surface area is 110 Å². The molecule has 1 aromatic carbocycles. The number of benzene rings is 1. The highest BCUT2D eigenvalue weighted by Gasteiger charge is 2.14. The van der Waals surface area contributed by atoms with Gasteiger partial charge in [-0.3, -0.25) is 4.79 Å². The lowest BCUT2D eigenvalue weighted by molar-refractivity contribution is 0.0938. The van der Waals surface area contributed by atoms with Crippen molar-refractivity contribution in [2.45, 2.75) is 19.9 Å². The number of tetrazole rings is 1. The number of aromatic nitrogens is 4. The molecule has 0 aliphatic carbocycles. The summed E-state index contributed by atoms with van der Waals surface area (Å²) in [6.45, 7) is 4.67. The van der Waals surface area contributed by atoms with E-state index in [4.69, 9.17) is 0 Å². The summed E-state index contributed by atoms with van der Waals surface area (Å²) < 4.78 is 0. The molecule has 0 bridgehead atoms. The molecule has 1 unspecified atom stereocenters. The second-order valence-electron chi connectivity index (χ2n) is 4.07. The van der Waals surface area contributed by atoms with E-state index in [2.05, 4.69) is 31.3 Å². The zero-order valence-corrected chi connectivity index (χ0v) is 10.8. The molecule has 7 nitrogen and oxygen atoms in total. The standard InChI is InChI=1S/C12H16N6O/c1-3-13-10-6-4-9(5-7-10)12(19)14-8(2)11-15-17-18-16-11/h4-8,13H,3H2,1-2H3,(H,14,19)(H,15,16,17,18). The second-order valence-corrected chi connectivity index (χ2v) is 4.07. The van der Waals surface area contributed by atoms with Gasteiger partial charge in [0.05, 0.1) is 6.04 Å². The number of anilines is 1. The van der Waals surface area contributed by atoms with Crippen molar-refractivity contribution in [3.8, 4) is 0 Å². The number of amides is 1. The van der Waals surface area contributed by atoms with Gasteiger partial charge in [-0.05, 0) is 38.1 Å². The van der Waals surface area contributed by atoms with Gasteiger partial charge in [0.15, 0.2) is 5.82 Å². The molecule has 1 aromatic heterocycles. The fourth-order valence-corrected chi connectivity index (χ4v) is 1.64. The van der Waals surface area contributed by atoms with Crippen LogP contribution in [0.4, 0.5) is 5.69 Å². The third kappa shape index (κ3) is 3.27. The van der Waals surface area contributed by atoms with Gasteiger partial charge in [0, 0.05) is 17.8 Å². The van der Waals surface area contributed by atoms with E-state index in [0.717, 1.165) is 12.2 Å². The van der Waals surface area contributed by atoms with Crippen LogP contribution in [0.2, 0.25) is 0 Å². The largest absolute Gasteiger partial charge is 0.385 e. The minimum absolute atomic E-state index is 0.166. The number of nitrogens with one attached hydrogen (secondary N) is 3. The predicted molar refractivity (Wildman–Crippen MR) is 70.7 cm³/mol. The van der Waals surface area contributed by atoms with Gasteiger partial charge in [0.2, 0.25) is 0 Å². The molecule has 7 heteroatoms. The Hall–Kier alpha value is -2.44. The number of H-pyrrole nitrogens is 1. The fraction of sp³-hybridized carbons (Fsp3) is 0.333. The Morgan fingerprint density at radius 3 is 2.68 bits per heavy atom. The van der Waals surface area contributed by atoms with E-state index in [1.54, 1.807) is 19.1 Å². The SMILES string of the molecule is CCNc1ccc(C(=O)NC(C)c2nn[nH]n2)cc1. The third-order valence-corrected chi connectivity index (χ3v) is 2.62. The lowest BCUT2D eigenvalue weighted by atomic mass is 10.2.